The zero-order chi connectivity index (χ0) is 14.6. The van der Waals surface area contributed by atoms with Crippen molar-refractivity contribution in [1.29, 1.82) is 0 Å². The first-order chi connectivity index (χ1) is 8.92. The van der Waals surface area contributed by atoms with E-state index < -0.39 is 0 Å². The fourth-order valence-corrected chi connectivity index (χ4v) is 2.32. The van der Waals surface area contributed by atoms with E-state index in [1.54, 1.807) is 11.7 Å². The van der Waals surface area contributed by atoms with E-state index in [4.69, 9.17) is 0 Å². The molecule has 0 saturated heterocycles. The number of likely N-dealkylation sites (N-methyl/N-ethyl adjacent to an activating group) is 1. The number of nitrogens with zero attached hydrogens (tertiary/aromatic N) is 3. The lowest BCUT2D eigenvalue weighted by molar-refractivity contribution is -0.386. The number of hydrogen-bond acceptors (Lipinski definition) is 4. The van der Waals surface area contributed by atoms with Crippen molar-refractivity contribution >= 4 is 5.69 Å². The molecule has 1 rings (SSSR count). The van der Waals surface area contributed by atoms with E-state index >= 15 is 0 Å². The molecular weight excluding hydrogens is 244 g/mol. The van der Waals surface area contributed by atoms with Crippen molar-refractivity contribution in [2.24, 2.45) is 7.05 Å². The first-order valence-corrected chi connectivity index (χ1v) is 6.79. The van der Waals surface area contributed by atoms with E-state index in [0.717, 1.165) is 12.8 Å². The van der Waals surface area contributed by atoms with E-state index in [-0.39, 0.29) is 22.6 Å². The van der Waals surface area contributed by atoms with Crippen molar-refractivity contribution < 1.29 is 4.92 Å². The average Bonchev–Trinajstić information content (AvgIpc) is 2.66. The molecular formula is C13H24N4O2. The van der Waals surface area contributed by atoms with Crippen LogP contribution < -0.4 is 5.32 Å². The van der Waals surface area contributed by atoms with Crippen LogP contribution in [0.2, 0.25) is 0 Å². The van der Waals surface area contributed by atoms with E-state index in [1.807, 2.05) is 20.9 Å². The van der Waals surface area contributed by atoms with Crippen LogP contribution in [0.4, 0.5) is 5.69 Å². The Morgan fingerprint density at radius 3 is 2.53 bits per heavy atom. The van der Waals surface area contributed by atoms with Crippen LogP contribution in [0.25, 0.3) is 0 Å². The fraction of sp³-hybridized carbons (Fsp3) is 0.769. The summed E-state index contributed by atoms with van der Waals surface area (Å²) in [6.07, 6.45) is 2.68. The Labute approximate surface area is 114 Å². The summed E-state index contributed by atoms with van der Waals surface area (Å²) in [6, 6.07) is 0.249. The molecule has 1 heterocycles. The van der Waals surface area contributed by atoms with E-state index in [0.29, 0.717) is 17.8 Å². The molecule has 0 aliphatic carbocycles. The molecule has 19 heavy (non-hydrogen) atoms. The molecule has 6 nitrogen and oxygen atoms in total. The van der Waals surface area contributed by atoms with Gasteiger partial charge in [0.1, 0.15) is 11.4 Å². The zero-order valence-corrected chi connectivity index (χ0v) is 12.4. The van der Waals surface area contributed by atoms with Crippen molar-refractivity contribution in [3.63, 3.8) is 0 Å². The molecule has 0 radical (unpaired) electrons. The van der Waals surface area contributed by atoms with Crippen molar-refractivity contribution in [2.75, 3.05) is 7.05 Å². The molecule has 0 aliphatic rings. The largest absolute Gasteiger partial charge is 0.317 e. The monoisotopic (exact) mass is 268 g/mol. The first kappa shape index (κ1) is 15.6. The third kappa shape index (κ3) is 3.53. The van der Waals surface area contributed by atoms with Gasteiger partial charge in [0.25, 0.3) is 0 Å². The number of nitro groups is 1. The van der Waals surface area contributed by atoms with Gasteiger partial charge in [-0.2, -0.15) is 5.10 Å². The van der Waals surface area contributed by atoms with Crippen LogP contribution in [0.15, 0.2) is 0 Å². The van der Waals surface area contributed by atoms with Gasteiger partial charge in [0.15, 0.2) is 0 Å². The predicted octanol–water partition coefficient (Wildman–Crippen LogP) is 2.38. The summed E-state index contributed by atoms with van der Waals surface area (Å²) in [5, 5.41) is 18.9. The Hall–Kier alpha value is -1.43. The topological polar surface area (TPSA) is 73.0 Å². The van der Waals surface area contributed by atoms with Crippen LogP contribution in [0.3, 0.4) is 0 Å². The molecule has 0 bridgehead atoms. The Bertz CT molecular complexity index is 440. The molecule has 1 unspecified atom stereocenters. The first-order valence-electron chi connectivity index (χ1n) is 6.79. The second kappa shape index (κ2) is 6.65. The van der Waals surface area contributed by atoms with Gasteiger partial charge in [-0.3, -0.25) is 14.8 Å². The van der Waals surface area contributed by atoms with Crippen LogP contribution in [0.5, 0.6) is 0 Å². The molecule has 1 aromatic heterocycles. The highest BCUT2D eigenvalue weighted by Crippen LogP contribution is 2.30. The summed E-state index contributed by atoms with van der Waals surface area (Å²) in [5.74, 6) is 0.0551. The Morgan fingerprint density at radius 1 is 1.47 bits per heavy atom. The standard InChI is InChI=1S/C13H24N4O2/c1-6-7-10(14-4)8-11-13(17(18)19)12(9(2)3)15-16(11)5/h9-10,14H,6-8H2,1-5H3. The molecule has 0 spiro atoms. The van der Waals surface area contributed by atoms with Crippen LogP contribution >= 0.6 is 0 Å². The number of aromatic nitrogens is 2. The lowest BCUT2D eigenvalue weighted by Crippen LogP contribution is -2.28. The van der Waals surface area contributed by atoms with Crippen LogP contribution in [0.1, 0.15) is 50.9 Å². The lowest BCUT2D eigenvalue weighted by atomic mass is 10.0. The molecule has 0 aromatic carbocycles. The summed E-state index contributed by atoms with van der Waals surface area (Å²) < 4.78 is 1.66. The normalized spacial score (nSPS) is 12.9. The Morgan fingerprint density at radius 2 is 2.11 bits per heavy atom. The van der Waals surface area contributed by atoms with Crippen molar-refractivity contribution in [3.05, 3.63) is 21.5 Å². The third-order valence-electron chi connectivity index (χ3n) is 3.38. The quantitative estimate of drug-likeness (QED) is 0.608. The van der Waals surface area contributed by atoms with Gasteiger partial charge in [0, 0.05) is 25.4 Å². The van der Waals surface area contributed by atoms with Gasteiger partial charge >= 0.3 is 5.69 Å². The second-order valence-electron chi connectivity index (χ2n) is 5.19. The second-order valence-corrected chi connectivity index (χ2v) is 5.19. The van der Waals surface area contributed by atoms with Gasteiger partial charge in [0.2, 0.25) is 0 Å². The lowest BCUT2D eigenvalue weighted by Gasteiger charge is -2.14. The molecule has 0 fully saturated rings. The van der Waals surface area contributed by atoms with Gasteiger partial charge in [-0.05, 0) is 13.5 Å². The Kier molecular flexibility index (Phi) is 5.47. The highest BCUT2D eigenvalue weighted by molar-refractivity contribution is 5.43. The van der Waals surface area contributed by atoms with Crippen LogP contribution in [-0.2, 0) is 13.5 Å². The summed E-state index contributed by atoms with van der Waals surface area (Å²) in [7, 11) is 3.68. The summed E-state index contributed by atoms with van der Waals surface area (Å²) >= 11 is 0. The molecule has 1 atom stereocenters. The van der Waals surface area contributed by atoms with Gasteiger partial charge in [-0.15, -0.1) is 0 Å². The SMILES string of the molecule is CCCC(Cc1c([N+](=O)[O-])c(C(C)C)nn1C)NC. The van der Waals surface area contributed by atoms with Crippen molar-refractivity contribution in [2.45, 2.75) is 52.0 Å². The molecule has 0 aliphatic heterocycles. The molecule has 1 N–H and O–H groups in total. The Balaban J connectivity index is 3.15. The molecule has 1 aromatic rings. The maximum atomic E-state index is 11.3. The minimum atomic E-state index is -0.295. The maximum Gasteiger partial charge on any atom is 0.313 e. The van der Waals surface area contributed by atoms with E-state index in [2.05, 4.69) is 17.3 Å². The number of rotatable bonds is 7. The highest BCUT2D eigenvalue weighted by atomic mass is 16.6. The van der Waals surface area contributed by atoms with E-state index in [1.165, 1.54) is 0 Å². The smallest absolute Gasteiger partial charge is 0.313 e. The number of nitrogens with one attached hydrogen (secondary N) is 1. The molecule has 108 valence electrons. The summed E-state index contributed by atoms with van der Waals surface area (Å²) in [5.41, 5.74) is 1.48. The zero-order valence-electron chi connectivity index (χ0n) is 12.4. The van der Waals surface area contributed by atoms with Gasteiger partial charge in [-0.1, -0.05) is 27.2 Å². The van der Waals surface area contributed by atoms with Gasteiger partial charge in [-0.25, -0.2) is 0 Å². The minimum absolute atomic E-state index is 0.0551. The van der Waals surface area contributed by atoms with Crippen molar-refractivity contribution in [1.82, 2.24) is 15.1 Å². The van der Waals surface area contributed by atoms with E-state index in [9.17, 15) is 10.1 Å². The number of hydrogen-bond donors (Lipinski definition) is 1. The molecule has 0 saturated carbocycles. The molecule has 6 heteroatoms. The van der Waals surface area contributed by atoms with Gasteiger partial charge < -0.3 is 5.32 Å². The summed E-state index contributed by atoms with van der Waals surface area (Å²) in [4.78, 5) is 11.0. The highest BCUT2D eigenvalue weighted by Gasteiger charge is 2.29. The summed E-state index contributed by atoms with van der Waals surface area (Å²) in [6.45, 7) is 5.98. The predicted molar refractivity (Wildman–Crippen MR) is 75.4 cm³/mol. The minimum Gasteiger partial charge on any atom is -0.317 e. The molecule has 0 amide bonds. The third-order valence-corrected chi connectivity index (χ3v) is 3.38. The van der Waals surface area contributed by atoms with Gasteiger partial charge in [0.05, 0.1) is 4.92 Å². The maximum absolute atomic E-state index is 11.3. The van der Waals surface area contributed by atoms with Crippen LogP contribution in [-0.4, -0.2) is 27.8 Å². The average molecular weight is 268 g/mol. The van der Waals surface area contributed by atoms with Crippen molar-refractivity contribution in [3.8, 4) is 0 Å². The number of aryl methyl sites for hydroxylation is 1. The fourth-order valence-electron chi connectivity index (χ4n) is 2.32. The van der Waals surface area contributed by atoms with Crippen LogP contribution in [0, 0.1) is 10.1 Å².